The van der Waals surface area contributed by atoms with Crippen molar-refractivity contribution in [3.05, 3.63) is 76.4 Å². The van der Waals surface area contributed by atoms with Gasteiger partial charge in [-0.15, -0.1) is 0 Å². The van der Waals surface area contributed by atoms with Crippen LogP contribution < -0.4 is 5.73 Å². The van der Waals surface area contributed by atoms with Gasteiger partial charge in [-0.05, 0) is 41.8 Å². The minimum absolute atomic E-state index is 0.00564. The number of fused-ring (bicyclic) bond motifs is 1. The number of halogens is 1. The van der Waals surface area contributed by atoms with E-state index in [2.05, 4.69) is 45.2 Å². The van der Waals surface area contributed by atoms with E-state index >= 15 is 0 Å². The fraction of sp³-hybridized carbons (Fsp3) is 0.118. The Morgan fingerprint density at radius 2 is 1.75 bits per heavy atom. The summed E-state index contributed by atoms with van der Waals surface area (Å²) in [5.74, 6) is 0. The standard InChI is InChI=1S/C17H15BrN2/c18-14-7-5-12(6-8-14)16(19)11-13-9-10-20-17-4-2-1-3-15(13)17/h1-10,16H,11,19H2. The van der Waals surface area contributed by atoms with Gasteiger partial charge < -0.3 is 5.73 Å². The second kappa shape index (κ2) is 5.73. The van der Waals surface area contributed by atoms with Crippen LogP contribution in [0.15, 0.2) is 65.3 Å². The lowest BCUT2D eigenvalue weighted by Crippen LogP contribution is -2.13. The first-order valence-corrected chi connectivity index (χ1v) is 7.37. The molecule has 3 heteroatoms. The normalized spacial score (nSPS) is 12.5. The molecule has 1 atom stereocenters. The van der Waals surface area contributed by atoms with Crippen LogP contribution in [0.4, 0.5) is 0 Å². The van der Waals surface area contributed by atoms with Crippen molar-refractivity contribution in [3.63, 3.8) is 0 Å². The molecule has 100 valence electrons. The third kappa shape index (κ3) is 2.74. The Bertz CT molecular complexity index is 717. The molecule has 1 unspecified atom stereocenters. The van der Waals surface area contributed by atoms with Crippen molar-refractivity contribution in [1.29, 1.82) is 0 Å². The first kappa shape index (κ1) is 13.3. The molecule has 1 aromatic heterocycles. The minimum atomic E-state index is -0.00564. The van der Waals surface area contributed by atoms with E-state index in [4.69, 9.17) is 5.73 Å². The van der Waals surface area contributed by atoms with Gasteiger partial charge in [0.1, 0.15) is 0 Å². The zero-order chi connectivity index (χ0) is 13.9. The predicted octanol–water partition coefficient (Wildman–Crippen LogP) is 4.24. The Morgan fingerprint density at radius 1 is 1.00 bits per heavy atom. The van der Waals surface area contributed by atoms with Gasteiger partial charge in [-0.1, -0.05) is 46.3 Å². The number of hydrogen-bond donors (Lipinski definition) is 1. The highest BCUT2D eigenvalue weighted by Gasteiger charge is 2.09. The summed E-state index contributed by atoms with van der Waals surface area (Å²) in [6.45, 7) is 0. The number of nitrogens with zero attached hydrogens (tertiary/aromatic N) is 1. The van der Waals surface area contributed by atoms with Gasteiger partial charge >= 0.3 is 0 Å². The summed E-state index contributed by atoms with van der Waals surface area (Å²) < 4.78 is 1.07. The van der Waals surface area contributed by atoms with Gasteiger partial charge in [-0.25, -0.2) is 0 Å². The lowest BCUT2D eigenvalue weighted by molar-refractivity contribution is 0.725. The van der Waals surface area contributed by atoms with E-state index in [1.54, 1.807) is 0 Å². The molecule has 0 bridgehead atoms. The van der Waals surface area contributed by atoms with Crippen molar-refractivity contribution in [2.75, 3.05) is 0 Å². The molecule has 0 aliphatic rings. The zero-order valence-corrected chi connectivity index (χ0v) is 12.5. The van der Waals surface area contributed by atoms with Crippen molar-refractivity contribution in [1.82, 2.24) is 4.98 Å². The maximum absolute atomic E-state index is 6.33. The van der Waals surface area contributed by atoms with E-state index in [9.17, 15) is 0 Å². The third-order valence-electron chi connectivity index (χ3n) is 3.48. The monoisotopic (exact) mass is 326 g/mol. The topological polar surface area (TPSA) is 38.9 Å². The van der Waals surface area contributed by atoms with Gasteiger partial charge in [-0.3, -0.25) is 4.98 Å². The summed E-state index contributed by atoms with van der Waals surface area (Å²) in [5, 5.41) is 1.18. The molecular weight excluding hydrogens is 312 g/mol. The molecule has 2 N–H and O–H groups in total. The fourth-order valence-corrected chi connectivity index (χ4v) is 2.66. The van der Waals surface area contributed by atoms with Crippen LogP contribution in [-0.4, -0.2) is 4.98 Å². The second-order valence-corrected chi connectivity index (χ2v) is 5.77. The highest BCUT2D eigenvalue weighted by molar-refractivity contribution is 9.10. The van der Waals surface area contributed by atoms with Crippen molar-refractivity contribution >= 4 is 26.8 Å². The number of pyridine rings is 1. The van der Waals surface area contributed by atoms with Crippen LogP contribution in [0.25, 0.3) is 10.9 Å². The Morgan fingerprint density at radius 3 is 2.55 bits per heavy atom. The summed E-state index contributed by atoms with van der Waals surface area (Å²) in [6.07, 6.45) is 2.66. The summed E-state index contributed by atoms with van der Waals surface area (Å²) in [6, 6.07) is 18.4. The Kier molecular flexibility index (Phi) is 3.81. The number of nitrogens with two attached hydrogens (primary N) is 1. The van der Waals surface area contributed by atoms with Crippen LogP contribution in [0.1, 0.15) is 17.2 Å². The summed E-state index contributed by atoms with van der Waals surface area (Å²) in [5.41, 5.74) is 9.74. The highest BCUT2D eigenvalue weighted by Crippen LogP contribution is 2.23. The van der Waals surface area contributed by atoms with E-state index in [-0.39, 0.29) is 6.04 Å². The molecular formula is C17H15BrN2. The number of aromatic nitrogens is 1. The molecule has 0 saturated carbocycles. The van der Waals surface area contributed by atoms with Crippen LogP contribution in [0.2, 0.25) is 0 Å². The average molecular weight is 327 g/mol. The van der Waals surface area contributed by atoms with Crippen molar-refractivity contribution in [3.8, 4) is 0 Å². The SMILES string of the molecule is NC(Cc1ccnc2ccccc12)c1ccc(Br)cc1. The lowest BCUT2D eigenvalue weighted by atomic mass is 9.97. The van der Waals surface area contributed by atoms with Gasteiger partial charge in [0.25, 0.3) is 0 Å². The van der Waals surface area contributed by atoms with Crippen LogP contribution in [0, 0.1) is 0 Å². The van der Waals surface area contributed by atoms with Crippen molar-refractivity contribution in [2.45, 2.75) is 12.5 Å². The Balaban J connectivity index is 1.91. The molecule has 0 aliphatic carbocycles. The molecule has 2 aromatic carbocycles. The molecule has 20 heavy (non-hydrogen) atoms. The van der Waals surface area contributed by atoms with Crippen molar-refractivity contribution in [2.24, 2.45) is 5.73 Å². The smallest absolute Gasteiger partial charge is 0.0704 e. The predicted molar refractivity (Wildman–Crippen MR) is 86.5 cm³/mol. The minimum Gasteiger partial charge on any atom is -0.324 e. The molecule has 0 fully saturated rings. The van der Waals surface area contributed by atoms with E-state index in [0.29, 0.717) is 0 Å². The second-order valence-electron chi connectivity index (χ2n) is 4.85. The first-order valence-electron chi connectivity index (χ1n) is 6.58. The van der Waals surface area contributed by atoms with Gasteiger partial charge in [0.05, 0.1) is 5.52 Å². The van der Waals surface area contributed by atoms with Crippen LogP contribution in [-0.2, 0) is 6.42 Å². The summed E-state index contributed by atoms with van der Waals surface area (Å²) in [4.78, 5) is 4.39. The molecule has 0 saturated heterocycles. The highest BCUT2D eigenvalue weighted by atomic mass is 79.9. The van der Waals surface area contributed by atoms with Gasteiger partial charge in [0.2, 0.25) is 0 Å². The molecule has 0 spiro atoms. The lowest BCUT2D eigenvalue weighted by Gasteiger charge is -2.13. The van der Waals surface area contributed by atoms with Crippen LogP contribution in [0.5, 0.6) is 0 Å². The number of benzene rings is 2. The number of rotatable bonds is 3. The zero-order valence-electron chi connectivity index (χ0n) is 11.0. The average Bonchev–Trinajstić information content (AvgIpc) is 2.48. The van der Waals surface area contributed by atoms with Crippen molar-refractivity contribution < 1.29 is 0 Å². The molecule has 3 aromatic rings. The Hall–Kier alpha value is -1.71. The number of hydrogen-bond acceptors (Lipinski definition) is 2. The molecule has 2 nitrogen and oxygen atoms in total. The van der Waals surface area contributed by atoms with E-state index in [1.807, 2.05) is 36.5 Å². The molecule has 0 radical (unpaired) electrons. The molecule has 1 heterocycles. The quantitative estimate of drug-likeness (QED) is 0.781. The molecule has 0 aliphatic heterocycles. The fourth-order valence-electron chi connectivity index (χ4n) is 2.40. The van der Waals surface area contributed by atoms with Gasteiger partial charge in [-0.2, -0.15) is 0 Å². The van der Waals surface area contributed by atoms with Crippen LogP contribution >= 0.6 is 15.9 Å². The third-order valence-corrected chi connectivity index (χ3v) is 4.01. The Labute approximate surface area is 126 Å². The van der Waals surface area contributed by atoms with Gasteiger partial charge in [0.15, 0.2) is 0 Å². The summed E-state index contributed by atoms with van der Waals surface area (Å²) >= 11 is 3.44. The van der Waals surface area contributed by atoms with Gasteiger partial charge in [0, 0.05) is 22.1 Å². The van der Waals surface area contributed by atoms with E-state index < -0.39 is 0 Å². The largest absolute Gasteiger partial charge is 0.324 e. The maximum atomic E-state index is 6.33. The maximum Gasteiger partial charge on any atom is 0.0704 e. The van der Waals surface area contributed by atoms with E-state index in [0.717, 1.165) is 22.0 Å². The first-order chi connectivity index (χ1) is 9.74. The summed E-state index contributed by atoms with van der Waals surface area (Å²) in [7, 11) is 0. The van der Waals surface area contributed by atoms with E-state index in [1.165, 1.54) is 10.9 Å². The molecule has 3 rings (SSSR count). The number of para-hydroxylation sites is 1. The van der Waals surface area contributed by atoms with Crippen LogP contribution in [0.3, 0.4) is 0 Å². The molecule has 0 amide bonds.